The summed E-state index contributed by atoms with van der Waals surface area (Å²) in [5.74, 6) is -2.43. The molecular formula is C10H8F3N2O3+. The highest BCUT2D eigenvalue weighted by molar-refractivity contribution is 5.88. The first-order valence-electron chi connectivity index (χ1n) is 4.83. The third-order valence-corrected chi connectivity index (χ3v) is 2.36. The molecule has 2 heterocycles. The van der Waals surface area contributed by atoms with Gasteiger partial charge in [-0.15, -0.1) is 0 Å². The van der Waals surface area contributed by atoms with Crippen molar-refractivity contribution in [3.8, 4) is 5.88 Å². The van der Waals surface area contributed by atoms with Gasteiger partial charge in [0.15, 0.2) is 6.54 Å². The fourth-order valence-electron chi connectivity index (χ4n) is 1.72. The number of alkyl halides is 3. The second-order valence-electron chi connectivity index (χ2n) is 3.61. The van der Waals surface area contributed by atoms with E-state index in [1.807, 2.05) is 0 Å². The summed E-state index contributed by atoms with van der Waals surface area (Å²) in [6.07, 6.45) is -3.29. The van der Waals surface area contributed by atoms with Crippen molar-refractivity contribution in [3.63, 3.8) is 0 Å². The summed E-state index contributed by atoms with van der Waals surface area (Å²) in [7, 11) is 0. The molecule has 0 radical (unpaired) electrons. The maximum Gasteiger partial charge on any atom is 0.426 e. The smallest absolute Gasteiger partial charge is 0.426 e. The van der Waals surface area contributed by atoms with Gasteiger partial charge < -0.3 is 10.2 Å². The molecule has 0 saturated carbocycles. The minimum absolute atomic E-state index is 0.0512. The molecule has 8 heteroatoms. The van der Waals surface area contributed by atoms with Crippen molar-refractivity contribution in [1.82, 2.24) is 4.40 Å². The van der Waals surface area contributed by atoms with Crippen molar-refractivity contribution < 1.29 is 32.7 Å². The number of pyridine rings is 1. The number of nitrogens with zero attached hydrogens (tertiary/aromatic N) is 2. The van der Waals surface area contributed by atoms with Gasteiger partial charge in [0.25, 0.3) is 5.65 Å². The number of rotatable bonds is 2. The Bertz CT molecular complexity index is 619. The zero-order valence-electron chi connectivity index (χ0n) is 8.85. The van der Waals surface area contributed by atoms with Gasteiger partial charge in [-0.05, 0) is 6.07 Å². The SMILES string of the molecule is O=C(O)c1c(O)[n+](CC(F)(F)F)c2ccccn12. The molecule has 2 aromatic rings. The quantitative estimate of drug-likeness (QED) is 0.798. The van der Waals surface area contributed by atoms with Crippen LogP contribution in [0.3, 0.4) is 0 Å². The van der Waals surface area contributed by atoms with Crippen molar-refractivity contribution in [2.24, 2.45) is 0 Å². The average molecular weight is 261 g/mol. The van der Waals surface area contributed by atoms with E-state index >= 15 is 0 Å². The van der Waals surface area contributed by atoms with Gasteiger partial charge in [0.05, 0.1) is 6.20 Å². The summed E-state index contributed by atoms with van der Waals surface area (Å²) in [6.45, 7) is -1.46. The van der Waals surface area contributed by atoms with Crippen molar-refractivity contribution in [2.75, 3.05) is 0 Å². The molecular weight excluding hydrogens is 253 g/mol. The third-order valence-electron chi connectivity index (χ3n) is 2.36. The Kier molecular flexibility index (Phi) is 2.64. The van der Waals surface area contributed by atoms with Crippen molar-refractivity contribution in [3.05, 3.63) is 30.1 Å². The first-order valence-corrected chi connectivity index (χ1v) is 4.83. The second kappa shape index (κ2) is 3.90. The molecule has 5 nitrogen and oxygen atoms in total. The van der Waals surface area contributed by atoms with Crippen LogP contribution in [0.25, 0.3) is 5.65 Å². The number of fused-ring (bicyclic) bond motifs is 1. The number of carboxylic acids is 1. The molecule has 0 fully saturated rings. The lowest BCUT2D eigenvalue weighted by molar-refractivity contribution is -0.700. The van der Waals surface area contributed by atoms with E-state index in [1.165, 1.54) is 24.4 Å². The lowest BCUT2D eigenvalue weighted by Gasteiger charge is -2.03. The fraction of sp³-hybridized carbons (Fsp3) is 0.200. The molecule has 2 N–H and O–H groups in total. The van der Waals surface area contributed by atoms with Gasteiger partial charge in [-0.25, -0.2) is 4.79 Å². The lowest BCUT2D eigenvalue weighted by Crippen LogP contribution is -2.41. The van der Waals surface area contributed by atoms with Crippen LogP contribution in [0.15, 0.2) is 24.4 Å². The van der Waals surface area contributed by atoms with Gasteiger partial charge in [-0.2, -0.15) is 22.1 Å². The molecule has 0 bridgehead atoms. The Morgan fingerprint density at radius 2 is 2.06 bits per heavy atom. The largest absolute Gasteiger partial charge is 0.475 e. The van der Waals surface area contributed by atoms with Crippen LogP contribution < -0.4 is 4.57 Å². The van der Waals surface area contributed by atoms with E-state index in [0.717, 1.165) is 4.40 Å². The molecule has 0 unspecified atom stereocenters. The number of aromatic hydroxyl groups is 1. The van der Waals surface area contributed by atoms with E-state index in [9.17, 15) is 23.1 Å². The molecule has 2 rings (SSSR count). The van der Waals surface area contributed by atoms with Crippen LogP contribution in [0.4, 0.5) is 13.2 Å². The Labute approximate surface area is 98.3 Å². The van der Waals surface area contributed by atoms with E-state index in [2.05, 4.69) is 0 Å². The van der Waals surface area contributed by atoms with E-state index in [1.54, 1.807) is 0 Å². The predicted molar refractivity (Wildman–Crippen MR) is 52.3 cm³/mol. The zero-order chi connectivity index (χ0) is 13.5. The van der Waals surface area contributed by atoms with E-state index in [4.69, 9.17) is 5.11 Å². The second-order valence-corrected chi connectivity index (χ2v) is 3.61. The first-order chi connectivity index (χ1) is 8.31. The Balaban J connectivity index is 2.73. The number of hydrogen-bond donors (Lipinski definition) is 2. The predicted octanol–water partition coefficient (Wildman–Crippen LogP) is 1.19. The molecule has 2 aromatic heterocycles. The normalized spacial score (nSPS) is 11.9. The van der Waals surface area contributed by atoms with Crippen LogP contribution in [0.1, 0.15) is 10.5 Å². The number of aromatic carboxylic acids is 1. The molecule has 0 aliphatic heterocycles. The standard InChI is InChI=1S/C10H7F3N2O3/c11-10(12,13)5-15-6-3-1-2-4-14(6)7(8(15)16)9(17)18/h1-4H,5H2,(H-,16,17,18)/p+1. The van der Waals surface area contributed by atoms with Gasteiger partial charge in [0, 0.05) is 6.07 Å². The number of carboxylic acid groups (broad SMARTS) is 1. The van der Waals surface area contributed by atoms with E-state index < -0.39 is 30.3 Å². The monoisotopic (exact) mass is 261 g/mol. The van der Waals surface area contributed by atoms with Crippen LogP contribution in [-0.4, -0.2) is 26.8 Å². The van der Waals surface area contributed by atoms with Gasteiger partial charge in [-0.3, -0.25) is 0 Å². The fourth-order valence-corrected chi connectivity index (χ4v) is 1.72. The molecule has 0 aliphatic carbocycles. The highest BCUT2D eigenvalue weighted by atomic mass is 19.4. The maximum absolute atomic E-state index is 12.4. The maximum atomic E-state index is 12.4. The topological polar surface area (TPSA) is 65.8 Å². The van der Waals surface area contributed by atoms with Crippen LogP contribution in [0.5, 0.6) is 5.88 Å². The highest BCUT2D eigenvalue weighted by Gasteiger charge is 2.38. The molecule has 0 aliphatic rings. The van der Waals surface area contributed by atoms with E-state index in [0.29, 0.717) is 4.57 Å². The number of imidazole rings is 1. The van der Waals surface area contributed by atoms with Gasteiger partial charge in [0.2, 0.25) is 0 Å². The number of carbonyl (C=O) groups is 1. The van der Waals surface area contributed by atoms with Crippen molar-refractivity contribution in [1.29, 1.82) is 0 Å². The van der Waals surface area contributed by atoms with Crippen molar-refractivity contribution in [2.45, 2.75) is 12.7 Å². The van der Waals surface area contributed by atoms with Crippen LogP contribution in [-0.2, 0) is 6.54 Å². The summed E-state index contributed by atoms with van der Waals surface area (Å²) in [6, 6.07) is 4.20. The lowest BCUT2D eigenvalue weighted by atomic mass is 10.4. The zero-order valence-corrected chi connectivity index (χ0v) is 8.85. The molecule has 0 aromatic carbocycles. The first kappa shape index (κ1) is 12.2. The summed E-state index contributed by atoms with van der Waals surface area (Å²) in [4.78, 5) is 10.9. The van der Waals surface area contributed by atoms with Gasteiger partial charge in [-0.1, -0.05) is 6.07 Å². The third kappa shape index (κ3) is 1.96. The molecule has 0 amide bonds. The van der Waals surface area contributed by atoms with Crippen LogP contribution >= 0.6 is 0 Å². The van der Waals surface area contributed by atoms with Crippen LogP contribution in [0, 0.1) is 0 Å². The Morgan fingerprint density at radius 3 is 2.61 bits per heavy atom. The molecule has 0 spiro atoms. The summed E-state index contributed by atoms with van der Waals surface area (Å²) < 4.78 is 38.6. The number of hydrogen-bond acceptors (Lipinski definition) is 2. The molecule has 0 atom stereocenters. The molecule has 96 valence electrons. The van der Waals surface area contributed by atoms with Crippen LogP contribution in [0.2, 0.25) is 0 Å². The number of halogens is 3. The summed E-state index contributed by atoms with van der Waals surface area (Å²) >= 11 is 0. The summed E-state index contributed by atoms with van der Waals surface area (Å²) in [5.41, 5.74) is -0.653. The molecule has 18 heavy (non-hydrogen) atoms. The van der Waals surface area contributed by atoms with Crippen molar-refractivity contribution >= 4 is 11.6 Å². The Hall–Kier alpha value is -2.25. The molecule has 0 saturated heterocycles. The Morgan fingerprint density at radius 1 is 1.39 bits per heavy atom. The summed E-state index contributed by atoms with van der Waals surface area (Å²) in [5, 5.41) is 18.5. The minimum atomic E-state index is -4.56. The minimum Gasteiger partial charge on any atom is -0.475 e. The van der Waals surface area contributed by atoms with Gasteiger partial charge >= 0.3 is 23.7 Å². The van der Waals surface area contributed by atoms with Gasteiger partial charge in [0.1, 0.15) is 0 Å². The average Bonchev–Trinajstić information content (AvgIpc) is 2.50. The highest BCUT2D eigenvalue weighted by Crippen LogP contribution is 2.21. The number of aromatic nitrogens is 2. The van der Waals surface area contributed by atoms with E-state index in [-0.39, 0.29) is 5.65 Å².